The monoisotopic (exact) mass is 271 g/mol. The molecule has 0 radical (unpaired) electrons. The van der Waals surface area contributed by atoms with Crippen molar-refractivity contribution >= 4 is 0 Å². The molecule has 1 heterocycles. The Kier molecular flexibility index (Phi) is 6.07. The van der Waals surface area contributed by atoms with Crippen LogP contribution < -0.4 is 0 Å². The Balaban J connectivity index is 2.07. The molecule has 0 aromatic heterocycles. The van der Waals surface area contributed by atoms with Crippen LogP contribution in [0.15, 0.2) is 0 Å². The predicted octanol–water partition coefficient (Wildman–Crippen LogP) is 1.81. The maximum absolute atomic E-state index is 9.37. The van der Waals surface area contributed by atoms with Gasteiger partial charge in [0.1, 0.15) is 6.10 Å². The van der Waals surface area contributed by atoms with Gasteiger partial charge in [-0.1, -0.05) is 12.8 Å². The highest BCUT2D eigenvalue weighted by atomic mass is 16.5. The van der Waals surface area contributed by atoms with Crippen LogP contribution in [0, 0.1) is 0 Å². The summed E-state index contributed by atoms with van der Waals surface area (Å²) < 4.78 is 11.8. The largest absolute Gasteiger partial charge is 0.396 e. The van der Waals surface area contributed by atoms with Crippen LogP contribution in [0.3, 0.4) is 0 Å². The molecule has 0 bridgehead atoms. The van der Waals surface area contributed by atoms with E-state index in [1.807, 2.05) is 13.8 Å². The molecule has 19 heavy (non-hydrogen) atoms. The SMILES string of the molecule is CCO[C@@H]1[C@H](OCC)CN(C2CCCC2)[C@H]1CCO. The fourth-order valence-corrected chi connectivity index (χ4v) is 3.77. The van der Waals surface area contributed by atoms with Gasteiger partial charge in [0.2, 0.25) is 0 Å². The van der Waals surface area contributed by atoms with Crippen molar-refractivity contribution in [3.8, 4) is 0 Å². The molecule has 0 aromatic rings. The van der Waals surface area contributed by atoms with Gasteiger partial charge in [0.05, 0.1) is 6.10 Å². The molecule has 4 heteroatoms. The van der Waals surface area contributed by atoms with E-state index in [-0.39, 0.29) is 18.8 Å². The van der Waals surface area contributed by atoms with Crippen LogP contribution in [-0.4, -0.2) is 60.7 Å². The lowest BCUT2D eigenvalue weighted by Crippen LogP contribution is -2.42. The third kappa shape index (κ3) is 3.48. The molecule has 0 aromatic carbocycles. The van der Waals surface area contributed by atoms with Gasteiger partial charge in [0, 0.05) is 38.4 Å². The first-order valence-corrected chi connectivity index (χ1v) is 7.91. The van der Waals surface area contributed by atoms with Crippen molar-refractivity contribution in [1.29, 1.82) is 0 Å². The Morgan fingerprint density at radius 2 is 1.79 bits per heavy atom. The minimum Gasteiger partial charge on any atom is -0.396 e. The summed E-state index contributed by atoms with van der Waals surface area (Å²) in [4.78, 5) is 2.56. The van der Waals surface area contributed by atoms with E-state index in [9.17, 15) is 5.11 Å². The molecule has 2 aliphatic rings. The number of likely N-dealkylation sites (tertiary alicyclic amines) is 1. The first kappa shape index (κ1) is 15.2. The lowest BCUT2D eigenvalue weighted by Gasteiger charge is -2.32. The molecule has 1 saturated heterocycles. The molecular formula is C15H29NO3. The van der Waals surface area contributed by atoms with Crippen LogP contribution in [0.2, 0.25) is 0 Å². The third-order valence-electron chi connectivity index (χ3n) is 4.52. The van der Waals surface area contributed by atoms with E-state index >= 15 is 0 Å². The van der Waals surface area contributed by atoms with Gasteiger partial charge in [-0.2, -0.15) is 0 Å². The average Bonchev–Trinajstić information content (AvgIpc) is 3.02. The molecule has 112 valence electrons. The van der Waals surface area contributed by atoms with Crippen LogP contribution in [0.25, 0.3) is 0 Å². The molecule has 0 amide bonds. The standard InChI is InChI=1S/C15H29NO3/c1-3-18-14-11-16(12-7-5-6-8-12)13(9-10-17)15(14)19-4-2/h12-15,17H,3-11H2,1-2H3/t13-,14+,15-/m0/s1. The first-order chi connectivity index (χ1) is 9.31. The average molecular weight is 271 g/mol. The Bertz CT molecular complexity index is 256. The number of nitrogens with zero attached hydrogens (tertiary/aromatic N) is 1. The summed E-state index contributed by atoms with van der Waals surface area (Å²) in [6.07, 6.45) is 6.35. The van der Waals surface area contributed by atoms with E-state index in [1.54, 1.807) is 0 Å². The normalized spacial score (nSPS) is 33.3. The van der Waals surface area contributed by atoms with Crippen LogP contribution >= 0.6 is 0 Å². The summed E-state index contributed by atoms with van der Waals surface area (Å²) in [5.74, 6) is 0. The fraction of sp³-hybridized carbons (Fsp3) is 1.00. The van der Waals surface area contributed by atoms with Crippen molar-refractivity contribution in [3.05, 3.63) is 0 Å². The zero-order chi connectivity index (χ0) is 13.7. The molecule has 0 spiro atoms. The van der Waals surface area contributed by atoms with Gasteiger partial charge in [-0.25, -0.2) is 0 Å². The molecule has 1 saturated carbocycles. The quantitative estimate of drug-likeness (QED) is 0.767. The zero-order valence-corrected chi connectivity index (χ0v) is 12.4. The number of hydrogen-bond acceptors (Lipinski definition) is 4. The number of aliphatic hydroxyl groups is 1. The zero-order valence-electron chi connectivity index (χ0n) is 12.4. The van der Waals surface area contributed by atoms with E-state index in [1.165, 1.54) is 25.7 Å². The van der Waals surface area contributed by atoms with Crippen LogP contribution in [0.5, 0.6) is 0 Å². The van der Waals surface area contributed by atoms with Crippen molar-refractivity contribution < 1.29 is 14.6 Å². The summed E-state index contributed by atoms with van der Waals surface area (Å²) in [5.41, 5.74) is 0. The van der Waals surface area contributed by atoms with Gasteiger partial charge in [-0.05, 0) is 33.1 Å². The molecule has 2 rings (SSSR count). The third-order valence-corrected chi connectivity index (χ3v) is 4.52. The highest BCUT2D eigenvalue weighted by Gasteiger charge is 2.45. The molecule has 1 aliphatic heterocycles. The summed E-state index contributed by atoms with van der Waals surface area (Å²) >= 11 is 0. The van der Waals surface area contributed by atoms with Gasteiger partial charge in [0.15, 0.2) is 0 Å². The Hall–Kier alpha value is -0.160. The lowest BCUT2D eigenvalue weighted by molar-refractivity contribution is -0.0545. The predicted molar refractivity (Wildman–Crippen MR) is 75.3 cm³/mol. The van der Waals surface area contributed by atoms with E-state index in [2.05, 4.69) is 4.90 Å². The molecule has 1 aliphatic carbocycles. The van der Waals surface area contributed by atoms with Crippen molar-refractivity contribution in [2.24, 2.45) is 0 Å². The van der Waals surface area contributed by atoms with Crippen molar-refractivity contribution in [1.82, 2.24) is 4.90 Å². The van der Waals surface area contributed by atoms with Gasteiger partial charge in [-0.3, -0.25) is 4.90 Å². The van der Waals surface area contributed by atoms with E-state index < -0.39 is 0 Å². The summed E-state index contributed by atoms with van der Waals surface area (Å²) in [6.45, 7) is 6.73. The van der Waals surface area contributed by atoms with Crippen LogP contribution in [0.4, 0.5) is 0 Å². The molecule has 2 fully saturated rings. The highest BCUT2D eigenvalue weighted by Crippen LogP contribution is 2.34. The fourth-order valence-electron chi connectivity index (χ4n) is 3.77. The second-order valence-corrected chi connectivity index (χ2v) is 5.63. The Morgan fingerprint density at radius 1 is 1.11 bits per heavy atom. The number of hydrogen-bond donors (Lipinski definition) is 1. The second kappa shape index (κ2) is 7.58. The topological polar surface area (TPSA) is 41.9 Å². The Labute approximate surface area is 117 Å². The Morgan fingerprint density at radius 3 is 2.37 bits per heavy atom. The molecular weight excluding hydrogens is 242 g/mol. The van der Waals surface area contributed by atoms with Crippen LogP contribution in [0.1, 0.15) is 46.0 Å². The smallest absolute Gasteiger partial charge is 0.100 e. The lowest BCUT2D eigenvalue weighted by atomic mass is 10.1. The van der Waals surface area contributed by atoms with E-state index in [0.717, 1.165) is 19.6 Å². The summed E-state index contributed by atoms with van der Waals surface area (Å²) in [7, 11) is 0. The summed E-state index contributed by atoms with van der Waals surface area (Å²) in [5, 5.41) is 9.37. The van der Waals surface area contributed by atoms with Gasteiger partial charge < -0.3 is 14.6 Å². The van der Waals surface area contributed by atoms with Crippen molar-refractivity contribution in [2.45, 2.75) is 70.2 Å². The van der Waals surface area contributed by atoms with Gasteiger partial charge in [0.25, 0.3) is 0 Å². The molecule has 1 N–H and O–H groups in total. The number of rotatable bonds is 7. The van der Waals surface area contributed by atoms with Crippen molar-refractivity contribution in [3.63, 3.8) is 0 Å². The molecule has 3 atom stereocenters. The highest BCUT2D eigenvalue weighted by molar-refractivity contribution is 4.99. The molecule has 0 unspecified atom stereocenters. The number of ether oxygens (including phenoxy) is 2. The minimum atomic E-state index is 0.123. The molecule has 4 nitrogen and oxygen atoms in total. The van der Waals surface area contributed by atoms with E-state index in [4.69, 9.17) is 9.47 Å². The number of aliphatic hydroxyl groups excluding tert-OH is 1. The van der Waals surface area contributed by atoms with Crippen molar-refractivity contribution in [2.75, 3.05) is 26.4 Å². The maximum atomic E-state index is 9.37. The van der Waals surface area contributed by atoms with Crippen LogP contribution in [-0.2, 0) is 9.47 Å². The second-order valence-electron chi connectivity index (χ2n) is 5.63. The van der Waals surface area contributed by atoms with Gasteiger partial charge >= 0.3 is 0 Å². The van der Waals surface area contributed by atoms with Gasteiger partial charge in [-0.15, -0.1) is 0 Å². The summed E-state index contributed by atoms with van der Waals surface area (Å²) in [6, 6.07) is 0.995. The minimum absolute atomic E-state index is 0.123. The maximum Gasteiger partial charge on any atom is 0.100 e. The van der Waals surface area contributed by atoms with E-state index in [0.29, 0.717) is 18.7 Å². The first-order valence-electron chi connectivity index (χ1n) is 7.91.